The van der Waals surface area contributed by atoms with Gasteiger partial charge in [-0.1, -0.05) is 18.5 Å². The van der Waals surface area contributed by atoms with E-state index in [9.17, 15) is 0 Å². The number of aromatic nitrogens is 2. The molecule has 1 heterocycles. The SMILES string of the molecule is CCC(C)(C)Nc1ccc(Cl)nn1. The van der Waals surface area contributed by atoms with Gasteiger partial charge in [0.05, 0.1) is 0 Å². The Balaban J connectivity index is 2.69. The second-order valence-electron chi connectivity index (χ2n) is 3.60. The molecule has 0 aliphatic carbocycles. The Morgan fingerprint density at radius 2 is 2.08 bits per heavy atom. The van der Waals surface area contributed by atoms with Crippen LogP contribution < -0.4 is 5.32 Å². The maximum absolute atomic E-state index is 5.62. The molecule has 0 fully saturated rings. The molecule has 1 N–H and O–H groups in total. The van der Waals surface area contributed by atoms with Gasteiger partial charge in [0.2, 0.25) is 0 Å². The van der Waals surface area contributed by atoms with Gasteiger partial charge in [0.15, 0.2) is 5.15 Å². The number of nitrogens with zero attached hydrogens (tertiary/aromatic N) is 2. The molecular weight excluding hydrogens is 186 g/mol. The zero-order valence-corrected chi connectivity index (χ0v) is 8.89. The van der Waals surface area contributed by atoms with Crippen molar-refractivity contribution in [2.75, 3.05) is 5.32 Å². The minimum Gasteiger partial charge on any atom is -0.364 e. The van der Waals surface area contributed by atoms with Gasteiger partial charge in [0.1, 0.15) is 5.82 Å². The van der Waals surface area contributed by atoms with Crippen molar-refractivity contribution < 1.29 is 0 Å². The van der Waals surface area contributed by atoms with Crippen LogP contribution in [0.3, 0.4) is 0 Å². The van der Waals surface area contributed by atoms with Crippen molar-refractivity contribution in [2.45, 2.75) is 32.7 Å². The molecule has 1 rings (SSSR count). The van der Waals surface area contributed by atoms with Crippen LogP contribution in [0.5, 0.6) is 0 Å². The normalized spacial score (nSPS) is 11.4. The smallest absolute Gasteiger partial charge is 0.151 e. The predicted octanol–water partition coefficient (Wildman–Crippen LogP) is 2.73. The van der Waals surface area contributed by atoms with E-state index in [0.717, 1.165) is 12.2 Å². The number of hydrogen-bond acceptors (Lipinski definition) is 3. The third kappa shape index (κ3) is 3.19. The molecule has 0 amide bonds. The largest absolute Gasteiger partial charge is 0.364 e. The van der Waals surface area contributed by atoms with E-state index in [1.165, 1.54) is 0 Å². The second kappa shape index (κ2) is 3.92. The van der Waals surface area contributed by atoms with E-state index in [-0.39, 0.29) is 5.54 Å². The van der Waals surface area contributed by atoms with Crippen molar-refractivity contribution in [2.24, 2.45) is 0 Å². The van der Waals surface area contributed by atoms with Crippen molar-refractivity contribution in [1.29, 1.82) is 0 Å². The van der Waals surface area contributed by atoms with Crippen LogP contribution >= 0.6 is 11.6 Å². The van der Waals surface area contributed by atoms with Crippen molar-refractivity contribution in [3.05, 3.63) is 17.3 Å². The molecule has 0 saturated heterocycles. The molecule has 13 heavy (non-hydrogen) atoms. The van der Waals surface area contributed by atoms with Crippen LogP contribution in [0.2, 0.25) is 5.15 Å². The molecule has 0 atom stereocenters. The van der Waals surface area contributed by atoms with Gasteiger partial charge >= 0.3 is 0 Å². The van der Waals surface area contributed by atoms with Gasteiger partial charge in [0.25, 0.3) is 0 Å². The first kappa shape index (κ1) is 10.3. The number of anilines is 1. The summed E-state index contributed by atoms with van der Waals surface area (Å²) in [5, 5.41) is 11.3. The Bertz CT molecular complexity index is 269. The van der Waals surface area contributed by atoms with Gasteiger partial charge in [-0.15, -0.1) is 10.2 Å². The third-order valence-corrected chi connectivity index (χ3v) is 2.18. The number of halogens is 1. The van der Waals surface area contributed by atoms with Crippen molar-refractivity contribution in [1.82, 2.24) is 10.2 Å². The van der Waals surface area contributed by atoms with Crippen LogP contribution in [0.4, 0.5) is 5.82 Å². The number of hydrogen-bond donors (Lipinski definition) is 1. The summed E-state index contributed by atoms with van der Waals surface area (Å²) in [7, 11) is 0. The zero-order chi connectivity index (χ0) is 9.90. The summed E-state index contributed by atoms with van der Waals surface area (Å²) in [5.74, 6) is 0.760. The van der Waals surface area contributed by atoms with E-state index in [0.29, 0.717) is 5.15 Å². The fraction of sp³-hybridized carbons (Fsp3) is 0.556. The summed E-state index contributed by atoms with van der Waals surface area (Å²) in [6.45, 7) is 6.35. The second-order valence-corrected chi connectivity index (χ2v) is 3.99. The topological polar surface area (TPSA) is 37.8 Å². The van der Waals surface area contributed by atoms with Crippen molar-refractivity contribution >= 4 is 17.4 Å². The van der Waals surface area contributed by atoms with Crippen molar-refractivity contribution in [3.63, 3.8) is 0 Å². The average Bonchev–Trinajstić information content (AvgIpc) is 2.09. The summed E-state index contributed by atoms with van der Waals surface area (Å²) >= 11 is 5.62. The molecule has 3 nitrogen and oxygen atoms in total. The van der Waals surface area contributed by atoms with Crippen LogP contribution in [0.1, 0.15) is 27.2 Å². The molecule has 0 spiro atoms. The summed E-state index contributed by atoms with van der Waals surface area (Å²) < 4.78 is 0. The van der Waals surface area contributed by atoms with E-state index in [2.05, 4.69) is 36.3 Å². The minimum atomic E-state index is 0.0442. The fourth-order valence-corrected chi connectivity index (χ4v) is 0.919. The molecule has 72 valence electrons. The minimum absolute atomic E-state index is 0.0442. The third-order valence-electron chi connectivity index (χ3n) is 1.98. The Morgan fingerprint density at radius 1 is 1.38 bits per heavy atom. The molecule has 0 aromatic carbocycles. The van der Waals surface area contributed by atoms with Crippen LogP contribution in [-0.2, 0) is 0 Å². The fourth-order valence-electron chi connectivity index (χ4n) is 0.818. The van der Waals surface area contributed by atoms with E-state index in [1.54, 1.807) is 6.07 Å². The van der Waals surface area contributed by atoms with Gasteiger partial charge in [0, 0.05) is 5.54 Å². The van der Waals surface area contributed by atoms with Gasteiger partial charge in [-0.05, 0) is 32.4 Å². The van der Waals surface area contributed by atoms with Crippen LogP contribution in [0.25, 0.3) is 0 Å². The Hall–Kier alpha value is -0.830. The molecule has 0 saturated carbocycles. The van der Waals surface area contributed by atoms with Gasteiger partial charge in [-0.25, -0.2) is 0 Å². The highest BCUT2D eigenvalue weighted by atomic mass is 35.5. The first-order valence-corrected chi connectivity index (χ1v) is 4.69. The Kier molecular flexibility index (Phi) is 3.09. The molecule has 1 aromatic rings. The molecule has 0 aliphatic rings. The van der Waals surface area contributed by atoms with Crippen molar-refractivity contribution in [3.8, 4) is 0 Å². The highest BCUT2D eigenvalue weighted by molar-refractivity contribution is 6.29. The lowest BCUT2D eigenvalue weighted by molar-refractivity contribution is 0.544. The summed E-state index contributed by atoms with van der Waals surface area (Å²) in [4.78, 5) is 0. The van der Waals surface area contributed by atoms with Crippen LogP contribution in [0.15, 0.2) is 12.1 Å². The molecule has 0 radical (unpaired) electrons. The lowest BCUT2D eigenvalue weighted by Gasteiger charge is -2.24. The predicted molar refractivity (Wildman–Crippen MR) is 55.0 cm³/mol. The first-order chi connectivity index (χ1) is 6.03. The zero-order valence-electron chi connectivity index (χ0n) is 8.13. The number of rotatable bonds is 3. The average molecular weight is 200 g/mol. The molecule has 0 bridgehead atoms. The quantitative estimate of drug-likeness (QED) is 0.814. The molecule has 0 aliphatic heterocycles. The highest BCUT2D eigenvalue weighted by Gasteiger charge is 2.14. The van der Waals surface area contributed by atoms with Crippen LogP contribution in [0, 0.1) is 0 Å². The maximum Gasteiger partial charge on any atom is 0.151 e. The van der Waals surface area contributed by atoms with E-state index >= 15 is 0 Å². The summed E-state index contributed by atoms with van der Waals surface area (Å²) in [5.41, 5.74) is 0.0442. The van der Waals surface area contributed by atoms with Gasteiger partial charge < -0.3 is 5.32 Å². The highest BCUT2D eigenvalue weighted by Crippen LogP contribution is 2.15. The molecule has 1 aromatic heterocycles. The Morgan fingerprint density at radius 3 is 2.54 bits per heavy atom. The van der Waals surface area contributed by atoms with E-state index in [4.69, 9.17) is 11.6 Å². The lowest BCUT2D eigenvalue weighted by Crippen LogP contribution is -2.30. The molecular formula is C9H14ClN3. The van der Waals surface area contributed by atoms with Gasteiger partial charge in [-0.2, -0.15) is 0 Å². The lowest BCUT2D eigenvalue weighted by atomic mass is 10.0. The maximum atomic E-state index is 5.62. The standard InChI is InChI=1S/C9H14ClN3/c1-4-9(2,3)11-8-6-5-7(10)12-13-8/h5-6H,4H2,1-3H3,(H,11,13). The number of nitrogens with one attached hydrogen (secondary N) is 1. The monoisotopic (exact) mass is 199 g/mol. The van der Waals surface area contributed by atoms with E-state index in [1.807, 2.05) is 6.07 Å². The van der Waals surface area contributed by atoms with E-state index < -0.39 is 0 Å². The summed E-state index contributed by atoms with van der Waals surface area (Å²) in [6, 6.07) is 3.55. The van der Waals surface area contributed by atoms with Gasteiger partial charge in [-0.3, -0.25) is 0 Å². The van der Waals surface area contributed by atoms with Crippen LogP contribution in [-0.4, -0.2) is 15.7 Å². The first-order valence-electron chi connectivity index (χ1n) is 4.31. The summed E-state index contributed by atoms with van der Waals surface area (Å²) in [6.07, 6.45) is 1.03. The molecule has 4 heteroatoms. The molecule has 0 unspecified atom stereocenters. The Labute approximate surface area is 83.5 Å².